The molecule has 0 saturated carbocycles. The van der Waals surface area contributed by atoms with Gasteiger partial charge in [0.25, 0.3) is 0 Å². The molecule has 4 nitrogen and oxygen atoms in total. The monoisotopic (exact) mass is 533 g/mol. The zero-order valence-corrected chi connectivity index (χ0v) is 21.3. The lowest BCUT2D eigenvalue weighted by Gasteiger charge is -2.37. The topological polar surface area (TPSA) is 54.5 Å². The SMILES string of the molecule is O=C(c1ccccc1)[C@@H]1[C@H](c2ccccc2F)C2(C(=O)c3ccccc3C2=O)[C@@H]2C=Cc3cc(Cl)ccc3N12. The number of benzene rings is 4. The normalized spacial score (nSPS) is 22.1. The largest absolute Gasteiger partial charge is 0.352 e. The Morgan fingerprint density at radius 3 is 2.15 bits per heavy atom. The van der Waals surface area contributed by atoms with Crippen molar-refractivity contribution in [1.82, 2.24) is 0 Å². The minimum absolute atomic E-state index is 0.166. The molecule has 3 aliphatic rings. The molecule has 0 amide bonds. The number of halogens is 2. The van der Waals surface area contributed by atoms with Gasteiger partial charge in [0, 0.05) is 33.3 Å². The third-order valence-corrected chi connectivity index (χ3v) is 8.57. The molecule has 1 fully saturated rings. The van der Waals surface area contributed by atoms with Gasteiger partial charge in [0.1, 0.15) is 17.3 Å². The van der Waals surface area contributed by atoms with E-state index in [0.29, 0.717) is 27.4 Å². The van der Waals surface area contributed by atoms with Crippen LogP contribution in [0.15, 0.2) is 103 Å². The van der Waals surface area contributed by atoms with Crippen molar-refractivity contribution in [3.05, 3.63) is 142 Å². The molecule has 2 aliphatic heterocycles. The van der Waals surface area contributed by atoms with Crippen LogP contribution in [0, 0.1) is 11.2 Å². The highest BCUT2D eigenvalue weighted by molar-refractivity contribution is 6.32. The fraction of sp³-hybridized carbons (Fsp3) is 0.121. The van der Waals surface area contributed by atoms with Crippen LogP contribution in [-0.2, 0) is 0 Å². The number of fused-ring (bicyclic) bond motifs is 5. The van der Waals surface area contributed by atoms with Crippen LogP contribution in [0.3, 0.4) is 0 Å². The summed E-state index contributed by atoms with van der Waals surface area (Å²) >= 11 is 6.31. The number of rotatable bonds is 3. The predicted molar refractivity (Wildman–Crippen MR) is 148 cm³/mol. The first-order valence-corrected chi connectivity index (χ1v) is 13.1. The Labute approximate surface area is 229 Å². The van der Waals surface area contributed by atoms with E-state index in [1.807, 2.05) is 17.0 Å². The molecule has 2 heterocycles. The Balaban J connectivity index is 1.57. The second kappa shape index (κ2) is 8.58. The van der Waals surface area contributed by atoms with Crippen LogP contribution in [0.4, 0.5) is 10.1 Å². The average Bonchev–Trinajstić information content (AvgIpc) is 3.39. The molecule has 6 heteroatoms. The second-order valence-electron chi connectivity index (χ2n) is 10.2. The molecule has 3 atom stereocenters. The molecule has 0 bridgehead atoms. The molecule has 7 rings (SSSR count). The van der Waals surface area contributed by atoms with Gasteiger partial charge in [0.05, 0.1) is 6.04 Å². The van der Waals surface area contributed by atoms with E-state index >= 15 is 4.39 Å². The molecule has 190 valence electrons. The van der Waals surface area contributed by atoms with Gasteiger partial charge in [-0.15, -0.1) is 0 Å². The number of hydrogen-bond donors (Lipinski definition) is 0. The highest BCUT2D eigenvalue weighted by Gasteiger charge is 2.71. The molecule has 1 spiro atoms. The maximum absolute atomic E-state index is 15.7. The smallest absolute Gasteiger partial charge is 0.185 e. The third-order valence-electron chi connectivity index (χ3n) is 8.33. The minimum Gasteiger partial charge on any atom is -0.352 e. The van der Waals surface area contributed by atoms with E-state index in [4.69, 9.17) is 11.6 Å². The summed E-state index contributed by atoms with van der Waals surface area (Å²) < 4.78 is 15.7. The van der Waals surface area contributed by atoms with Crippen LogP contribution in [-0.4, -0.2) is 29.4 Å². The quantitative estimate of drug-likeness (QED) is 0.215. The first-order valence-electron chi connectivity index (χ1n) is 12.7. The third kappa shape index (κ3) is 3.14. The highest BCUT2D eigenvalue weighted by Crippen LogP contribution is 2.61. The number of anilines is 1. The zero-order valence-electron chi connectivity index (χ0n) is 20.6. The van der Waals surface area contributed by atoms with Gasteiger partial charge in [0.15, 0.2) is 17.3 Å². The van der Waals surface area contributed by atoms with Gasteiger partial charge in [-0.05, 0) is 35.4 Å². The van der Waals surface area contributed by atoms with Crippen molar-refractivity contribution >= 4 is 40.7 Å². The zero-order chi connectivity index (χ0) is 26.9. The number of carbonyl (C=O) groups excluding carboxylic acids is 3. The van der Waals surface area contributed by atoms with Crippen LogP contribution < -0.4 is 4.90 Å². The molecule has 39 heavy (non-hydrogen) atoms. The van der Waals surface area contributed by atoms with E-state index < -0.39 is 40.8 Å². The first kappa shape index (κ1) is 23.7. The van der Waals surface area contributed by atoms with Crippen molar-refractivity contribution in [2.45, 2.75) is 18.0 Å². The number of Topliss-reactive ketones (excluding diaryl/α,β-unsaturated/α-hetero) is 3. The van der Waals surface area contributed by atoms with Gasteiger partial charge >= 0.3 is 0 Å². The summed E-state index contributed by atoms with van der Waals surface area (Å²) in [7, 11) is 0. The molecule has 0 N–H and O–H groups in total. The molecule has 0 unspecified atom stereocenters. The maximum atomic E-state index is 15.7. The fourth-order valence-electron chi connectivity index (χ4n) is 6.79. The van der Waals surface area contributed by atoms with Crippen LogP contribution >= 0.6 is 11.6 Å². The summed E-state index contributed by atoms with van der Waals surface area (Å²) in [5, 5.41) is 0.516. The summed E-state index contributed by atoms with van der Waals surface area (Å²) in [6, 6.07) is 25.0. The van der Waals surface area contributed by atoms with E-state index in [9.17, 15) is 14.4 Å². The van der Waals surface area contributed by atoms with Crippen LogP contribution in [0.1, 0.15) is 48.1 Å². The van der Waals surface area contributed by atoms with Crippen molar-refractivity contribution in [1.29, 1.82) is 0 Å². The molecule has 0 radical (unpaired) electrons. The van der Waals surface area contributed by atoms with Gasteiger partial charge in [-0.25, -0.2) is 4.39 Å². The molecule has 4 aromatic rings. The van der Waals surface area contributed by atoms with Gasteiger partial charge < -0.3 is 4.90 Å². The summed E-state index contributed by atoms with van der Waals surface area (Å²) in [6.07, 6.45) is 3.63. The van der Waals surface area contributed by atoms with Crippen LogP contribution in [0.2, 0.25) is 5.02 Å². The van der Waals surface area contributed by atoms with Gasteiger partial charge in [-0.1, -0.05) is 96.5 Å². The molecule has 1 saturated heterocycles. The molecule has 1 aliphatic carbocycles. The Bertz CT molecular complexity index is 1700. The lowest BCUT2D eigenvalue weighted by atomic mass is 9.64. The fourth-order valence-corrected chi connectivity index (χ4v) is 6.97. The van der Waals surface area contributed by atoms with Crippen LogP contribution in [0.5, 0.6) is 0 Å². The molecular weight excluding hydrogens is 513 g/mol. The maximum Gasteiger partial charge on any atom is 0.185 e. The lowest BCUT2D eigenvalue weighted by Crippen LogP contribution is -2.48. The Morgan fingerprint density at radius 2 is 1.46 bits per heavy atom. The number of ketones is 3. The van der Waals surface area contributed by atoms with Crippen molar-refractivity contribution in [3.63, 3.8) is 0 Å². The molecule has 0 aromatic heterocycles. The number of hydrogen-bond acceptors (Lipinski definition) is 4. The van der Waals surface area contributed by atoms with Gasteiger partial charge in [-0.3, -0.25) is 14.4 Å². The van der Waals surface area contributed by atoms with Crippen LogP contribution in [0.25, 0.3) is 6.08 Å². The van der Waals surface area contributed by atoms with Gasteiger partial charge in [0.2, 0.25) is 0 Å². The Hall–Kier alpha value is -4.35. The average molecular weight is 534 g/mol. The lowest BCUT2D eigenvalue weighted by molar-refractivity contribution is 0.0664. The summed E-state index contributed by atoms with van der Waals surface area (Å²) in [5.74, 6) is -2.73. The molecular formula is C33H21ClFNO3. The van der Waals surface area contributed by atoms with Crippen molar-refractivity contribution in [2.75, 3.05) is 4.90 Å². The van der Waals surface area contributed by atoms with E-state index in [2.05, 4.69) is 0 Å². The van der Waals surface area contributed by atoms with Crippen molar-refractivity contribution < 1.29 is 18.8 Å². The highest BCUT2D eigenvalue weighted by atomic mass is 35.5. The van der Waals surface area contributed by atoms with E-state index in [1.54, 1.807) is 91.0 Å². The predicted octanol–water partition coefficient (Wildman–Crippen LogP) is 6.80. The van der Waals surface area contributed by atoms with Crippen molar-refractivity contribution in [2.24, 2.45) is 5.41 Å². The number of nitrogens with zero attached hydrogens (tertiary/aromatic N) is 1. The van der Waals surface area contributed by atoms with E-state index in [1.165, 1.54) is 6.07 Å². The molecule has 4 aromatic carbocycles. The summed E-state index contributed by atoms with van der Waals surface area (Å²) in [4.78, 5) is 45.3. The summed E-state index contributed by atoms with van der Waals surface area (Å²) in [6.45, 7) is 0. The minimum atomic E-state index is -1.74. The van der Waals surface area contributed by atoms with E-state index in [0.717, 1.165) is 5.56 Å². The van der Waals surface area contributed by atoms with Crippen molar-refractivity contribution in [3.8, 4) is 0 Å². The Kier molecular flexibility index (Phi) is 5.23. The second-order valence-corrected chi connectivity index (χ2v) is 10.6. The first-order chi connectivity index (χ1) is 18.9. The Morgan fingerprint density at radius 1 is 0.821 bits per heavy atom. The van der Waals surface area contributed by atoms with Gasteiger partial charge in [-0.2, -0.15) is 0 Å². The standard InChI is InChI=1S/C33H21ClFNO3/c34-21-15-16-26-20(18-21)14-17-27-33(31(38)22-10-4-5-11-23(22)32(33)39)28(24-12-6-7-13-25(24)35)29(36(26)27)30(37)19-8-2-1-3-9-19/h1-18,27-29H/t27-,28-,29-/m0/s1. The number of carbonyl (C=O) groups is 3. The summed E-state index contributed by atoms with van der Waals surface area (Å²) in [5.41, 5.74) is 0.855. The van der Waals surface area contributed by atoms with E-state index in [-0.39, 0.29) is 11.3 Å².